The van der Waals surface area contributed by atoms with E-state index < -0.39 is 32.2 Å². The fraction of sp³-hybridized carbons (Fsp3) is 0.900. The van der Waals surface area contributed by atoms with Crippen molar-refractivity contribution in [3.05, 3.63) is 0 Å². The number of hydrogen-bond acceptors (Lipinski definition) is 3. The van der Waals surface area contributed by atoms with E-state index in [0.29, 0.717) is 0 Å². The average Bonchev–Trinajstić information content (AvgIpc) is 2.00. The quantitative estimate of drug-likeness (QED) is 0.769. The molecule has 96 valence electrons. The van der Waals surface area contributed by atoms with Gasteiger partial charge in [-0.25, -0.2) is 13.1 Å². The summed E-state index contributed by atoms with van der Waals surface area (Å²) in [5.74, 6) is -1.04. The van der Waals surface area contributed by atoms with Crippen molar-refractivity contribution in [2.75, 3.05) is 0 Å². The van der Waals surface area contributed by atoms with Crippen LogP contribution < -0.4 is 4.72 Å². The van der Waals surface area contributed by atoms with Crippen LogP contribution in [0.15, 0.2) is 0 Å². The Balaban J connectivity index is 5.20. The van der Waals surface area contributed by atoms with Crippen molar-refractivity contribution in [3.63, 3.8) is 0 Å². The normalized spacial score (nSPS) is 14.2. The molecule has 0 spiro atoms. The van der Waals surface area contributed by atoms with E-state index in [2.05, 4.69) is 4.72 Å². The molecule has 6 heteroatoms. The van der Waals surface area contributed by atoms with Crippen LogP contribution in [0, 0.1) is 5.41 Å². The Bertz CT molecular complexity index is 368. The number of carboxylic acids is 1. The number of sulfonamides is 1. The zero-order valence-electron chi connectivity index (χ0n) is 10.7. The molecule has 0 rings (SSSR count). The van der Waals surface area contributed by atoms with E-state index in [1.807, 2.05) is 0 Å². The second kappa shape index (κ2) is 4.33. The summed E-state index contributed by atoms with van der Waals surface area (Å²) in [6, 6.07) is 0. The van der Waals surface area contributed by atoms with Crippen molar-refractivity contribution in [1.29, 1.82) is 0 Å². The molecule has 0 aromatic carbocycles. The fourth-order valence-electron chi connectivity index (χ4n) is 0.868. The minimum absolute atomic E-state index is 0.587. The number of carboxylic acid groups (broad SMARTS) is 1. The van der Waals surface area contributed by atoms with E-state index >= 15 is 0 Å². The van der Waals surface area contributed by atoms with Crippen LogP contribution in [0.4, 0.5) is 0 Å². The lowest BCUT2D eigenvalue weighted by atomic mass is 9.75. The average molecular weight is 251 g/mol. The second-order valence-electron chi connectivity index (χ2n) is 5.25. The second-order valence-corrected chi connectivity index (χ2v) is 7.49. The monoisotopic (exact) mass is 251 g/mol. The van der Waals surface area contributed by atoms with Crippen molar-refractivity contribution in [2.24, 2.45) is 5.41 Å². The van der Waals surface area contributed by atoms with E-state index in [1.165, 1.54) is 13.8 Å². The molecule has 0 aromatic heterocycles. The Kier molecular flexibility index (Phi) is 4.16. The minimum atomic E-state index is -3.49. The molecular formula is C10H21NO4S. The van der Waals surface area contributed by atoms with E-state index in [1.54, 1.807) is 27.7 Å². The van der Waals surface area contributed by atoms with Gasteiger partial charge < -0.3 is 5.11 Å². The van der Waals surface area contributed by atoms with Crippen LogP contribution in [0.25, 0.3) is 0 Å². The van der Waals surface area contributed by atoms with Crippen molar-refractivity contribution in [2.45, 2.75) is 52.3 Å². The maximum Gasteiger partial charge on any atom is 0.310 e. The van der Waals surface area contributed by atoms with Gasteiger partial charge in [-0.3, -0.25) is 4.79 Å². The summed E-state index contributed by atoms with van der Waals surface area (Å²) in [7, 11) is -3.49. The van der Waals surface area contributed by atoms with Crippen LogP contribution in [0.3, 0.4) is 0 Å². The van der Waals surface area contributed by atoms with Crippen LogP contribution in [-0.2, 0) is 14.8 Å². The Labute approximate surface area is 97.3 Å². The van der Waals surface area contributed by atoms with Crippen molar-refractivity contribution < 1.29 is 18.3 Å². The lowest BCUT2D eigenvalue weighted by Crippen LogP contribution is -2.58. The van der Waals surface area contributed by atoms with Gasteiger partial charge in [0.25, 0.3) is 0 Å². The highest BCUT2D eigenvalue weighted by Gasteiger charge is 2.46. The number of hydrogen-bond donors (Lipinski definition) is 2. The maximum atomic E-state index is 11.7. The van der Waals surface area contributed by atoms with Crippen molar-refractivity contribution in [1.82, 2.24) is 4.72 Å². The molecule has 2 N–H and O–H groups in total. The molecule has 0 aliphatic heterocycles. The van der Waals surface area contributed by atoms with Gasteiger partial charge >= 0.3 is 5.97 Å². The molecule has 0 fully saturated rings. The minimum Gasteiger partial charge on any atom is -0.481 e. The largest absolute Gasteiger partial charge is 0.481 e. The Morgan fingerprint density at radius 2 is 1.56 bits per heavy atom. The molecule has 5 nitrogen and oxygen atoms in total. The van der Waals surface area contributed by atoms with Crippen LogP contribution in [0.5, 0.6) is 0 Å². The highest BCUT2D eigenvalue weighted by molar-refractivity contribution is 7.90. The highest BCUT2D eigenvalue weighted by atomic mass is 32.2. The molecular weight excluding hydrogens is 230 g/mol. The van der Waals surface area contributed by atoms with Crippen LogP contribution >= 0.6 is 0 Å². The number of nitrogens with one attached hydrogen (secondary N) is 1. The van der Waals surface area contributed by atoms with Crippen LogP contribution in [0.1, 0.15) is 41.5 Å². The number of rotatable bonds is 5. The van der Waals surface area contributed by atoms with Gasteiger partial charge in [0.2, 0.25) is 10.0 Å². The lowest BCUT2D eigenvalue weighted by molar-refractivity contribution is -0.150. The number of aliphatic carboxylic acids is 1. The molecule has 0 aromatic rings. The smallest absolute Gasteiger partial charge is 0.310 e. The molecule has 0 atom stereocenters. The van der Waals surface area contributed by atoms with Gasteiger partial charge in [-0.1, -0.05) is 0 Å². The molecule has 0 heterocycles. The Morgan fingerprint density at radius 3 is 1.81 bits per heavy atom. The molecule has 16 heavy (non-hydrogen) atoms. The van der Waals surface area contributed by atoms with Gasteiger partial charge in [0, 0.05) is 5.54 Å². The molecule has 0 saturated carbocycles. The zero-order valence-corrected chi connectivity index (χ0v) is 11.5. The summed E-state index contributed by atoms with van der Waals surface area (Å²) in [6.07, 6.45) is 0. The van der Waals surface area contributed by atoms with Gasteiger partial charge in [0.15, 0.2) is 0 Å². The van der Waals surface area contributed by atoms with E-state index in [4.69, 9.17) is 5.11 Å². The highest BCUT2D eigenvalue weighted by Crippen LogP contribution is 2.31. The van der Waals surface area contributed by atoms with Gasteiger partial charge in [-0.2, -0.15) is 0 Å². The molecule has 0 unspecified atom stereocenters. The summed E-state index contributed by atoms with van der Waals surface area (Å²) in [5, 5.41) is 8.49. The third-order valence-electron chi connectivity index (χ3n) is 3.12. The van der Waals surface area contributed by atoms with Crippen LogP contribution in [0.2, 0.25) is 0 Å². The zero-order chi connectivity index (χ0) is 13.4. The summed E-state index contributed by atoms with van der Waals surface area (Å²) in [5.41, 5.74) is -2.24. The summed E-state index contributed by atoms with van der Waals surface area (Å²) in [6.45, 7) is 9.23. The summed E-state index contributed by atoms with van der Waals surface area (Å²) < 4.78 is 25.9. The first kappa shape index (κ1) is 15.4. The predicted molar refractivity (Wildman–Crippen MR) is 62.7 cm³/mol. The summed E-state index contributed by atoms with van der Waals surface area (Å²) in [4.78, 5) is 11.1. The maximum absolute atomic E-state index is 11.7. The van der Waals surface area contributed by atoms with Gasteiger partial charge in [-0.05, 0) is 41.5 Å². The van der Waals surface area contributed by atoms with E-state index in [-0.39, 0.29) is 0 Å². The molecule has 0 bridgehead atoms. The first-order valence-corrected chi connectivity index (χ1v) is 6.65. The van der Waals surface area contributed by atoms with Crippen molar-refractivity contribution >= 4 is 16.0 Å². The summed E-state index contributed by atoms with van der Waals surface area (Å²) >= 11 is 0. The molecule has 0 amide bonds. The van der Waals surface area contributed by atoms with Gasteiger partial charge in [-0.15, -0.1) is 0 Å². The van der Waals surface area contributed by atoms with Gasteiger partial charge in [0.1, 0.15) is 0 Å². The SMILES string of the molecule is CC(C)S(=O)(=O)NC(C)(C)C(C)(C)C(=O)O. The third kappa shape index (κ3) is 2.95. The Morgan fingerprint density at radius 1 is 1.19 bits per heavy atom. The topological polar surface area (TPSA) is 83.5 Å². The molecule has 0 saturated heterocycles. The molecule has 0 radical (unpaired) electrons. The Hall–Kier alpha value is -0.620. The standard InChI is InChI=1S/C10H21NO4S/c1-7(2)16(14,15)11-10(5,6)9(3,4)8(12)13/h7,11H,1-6H3,(H,12,13). The number of carbonyl (C=O) groups is 1. The first-order valence-electron chi connectivity index (χ1n) is 5.11. The lowest BCUT2D eigenvalue weighted by Gasteiger charge is -2.38. The van der Waals surface area contributed by atoms with E-state index in [9.17, 15) is 13.2 Å². The fourth-order valence-corrected chi connectivity index (χ4v) is 2.07. The third-order valence-corrected chi connectivity index (χ3v) is 5.15. The van der Waals surface area contributed by atoms with Gasteiger partial charge in [0.05, 0.1) is 10.7 Å². The van der Waals surface area contributed by atoms with Crippen molar-refractivity contribution in [3.8, 4) is 0 Å². The predicted octanol–water partition coefficient (Wildman–Crippen LogP) is 1.20. The molecule has 0 aliphatic carbocycles. The van der Waals surface area contributed by atoms with Crippen LogP contribution in [-0.4, -0.2) is 30.3 Å². The van der Waals surface area contributed by atoms with E-state index in [0.717, 1.165) is 0 Å². The first-order chi connectivity index (χ1) is 6.84. The molecule has 0 aliphatic rings.